The predicted octanol–water partition coefficient (Wildman–Crippen LogP) is 4.91. The number of fused-ring (bicyclic) bond motifs is 2. The highest BCUT2D eigenvalue weighted by Crippen LogP contribution is 2.60. The number of anilines is 1. The van der Waals surface area contributed by atoms with Gasteiger partial charge in [0.05, 0.1) is 35.9 Å². The quantitative estimate of drug-likeness (QED) is 0.411. The van der Waals surface area contributed by atoms with Gasteiger partial charge in [-0.3, -0.25) is 14.0 Å². The van der Waals surface area contributed by atoms with Crippen LogP contribution in [0.1, 0.15) is 47.2 Å². The Kier molecular flexibility index (Phi) is 6.85. The largest absolute Gasteiger partial charge is 0.378 e. The minimum atomic E-state index is -4.04. The molecule has 7 rings (SSSR count). The van der Waals surface area contributed by atoms with E-state index in [1.165, 1.54) is 24.3 Å². The molecule has 0 bridgehead atoms. The van der Waals surface area contributed by atoms with Crippen LogP contribution in [0, 0.1) is 11.7 Å². The molecule has 2 N–H and O–H groups in total. The summed E-state index contributed by atoms with van der Waals surface area (Å²) >= 11 is 6.65. The molecule has 220 valence electrons. The number of ether oxygens (including phenoxy) is 1. The first-order chi connectivity index (χ1) is 20.2. The lowest BCUT2D eigenvalue weighted by molar-refractivity contribution is -0.0963. The van der Waals surface area contributed by atoms with Crippen molar-refractivity contribution < 1.29 is 22.3 Å². The molecule has 3 fully saturated rings. The second kappa shape index (κ2) is 10.3. The Morgan fingerprint density at radius 1 is 1.07 bits per heavy atom. The third-order valence-corrected chi connectivity index (χ3v) is 11.9. The van der Waals surface area contributed by atoms with Crippen molar-refractivity contribution in [3.05, 3.63) is 94.3 Å². The van der Waals surface area contributed by atoms with Gasteiger partial charge in [0.25, 0.3) is 10.0 Å². The van der Waals surface area contributed by atoms with Gasteiger partial charge in [0.2, 0.25) is 5.91 Å². The molecule has 3 atom stereocenters. The van der Waals surface area contributed by atoms with Crippen molar-refractivity contribution in [3.8, 4) is 0 Å². The van der Waals surface area contributed by atoms with E-state index < -0.39 is 27.2 Å². The highest BCUT2D eigenvalue weighted by Gasteiger charge is 2.61. The Labute approximate surface area is 250 Å². The molecule has 3 aliphatic heterocycles. The Hall–Kier alpha value is -2.98. The Bertz CT molecular complexity index is 1640. The van der Waals surface area contributed by atoms with Crippen molar-refractivity contribution in [1.29, 1.82) is 0 Å². The number of piperidine rings is 1. The van der Waals surface area contributed by atoms with Gasteiger partial charge < -0.3 is 10.5 Å². The van der Waals surface area contributed by atoms with Crippen LogP contribution in [0.25, 0.3) is 0 Å². The zero-order chi connectivity index (χ0) is 29.2. The molecule has 3 aromatic rings. The molecular formula is C32H33ClFN3O4S. The summed E-state index contributed by atoms with van der Waals surface area (Å²) in [6, 6.07) is 18.1. The van der Waals surface area contributed by atoms with E-state index in [9.17, 15) is 17.6 Å². The van der Waals surface area contributed by atoms with E-state index in [0.717, 1.165) is 36.9 Å². The van der Waals surface area contributed by atoms with Crippen molar-refractivity contribution in [1.82, 2.24) is 4.90 Å². The fourth-order valence-electron chi connectivity index (χ4n) is 7.53. The number of primary amides is 1. The number of nitrogens with two attached hydrogens (primary N) is 1. The van der Waals surface area contributed by atoms with Gasteiger partial charge in [-0.2, -0.15) is 0 Å². The van der Waals surface area contributed by atoms with Crippen molar-refractivity contribution in [2.75, 3.05) is 24.1 Å². The van der Waals surface area contributed by atoms with Gasteiger partial charge in [0.1, 0.15) is 5.82 Å². The molecule has 1 spiro atoms. The number of likely N-dealkylation sites (tertiary alicyclic amines) is 1. The van der Waals surface area contributed by atoms with Crippen LogP contribution in [0.5, 0.6) is 0 Å². The summed E-state index contributed by atoms with van der Waals surface area (Å²) < 4.78 is 49.8. The van der Waals surface area contributed by atoms with E-state index in [1.54, 1.807) is 16.4 Å². The third kappa shape index (κ3) is 4.53. The molecule has 1 amide bonds. The van der Waals surface area contributed by atoms with Gasteiger partial charge in [-0.05, 0) is 104 Å². The zero-order valence-electron chi connectivity index (χ0n) is 23.1. The predicted molar refractivity (Wildman–Crippen MR) is 159 cm³/mol. The number of rotatable bonds is 7. The van der Waals surface area contributed by atoms with Crippen LogP contribution in [0.2, 0.25) is 5.02 Å². The molecule has 1 aliphatic carbocycles. The maximum absolute atomic E-state index is 14.4. The number of sulfonamides is 1. The van der Waals surface area contributed by atoms with E-state index in [1.807, 2.05) is 24.3 Å². The number of benzene rings is 3. The lowest BCUT2D eigenvalue weighted by Crippen LogP contribution is -2.62. The van der Waals surface area contributed by atoms with Crippen LogP contribution in [-0.2, 0) is 26.6 Å². The van der Waals surface area contributed by atoms with Gasteiger partial charge in [-0.1, -0.05) is 29.8 Å². The third-order valence-electron chi connectivity index (χ3n) is 9.70. The van der Waals surface area contributed by atoms with E-state index in [-0.39, 0.29) is 22.9 Å². The van der Waals surface area contributed by atoms with E-state index in [2.05, 4.69) is 11.0 Å². The summed E-state index contributed by atoms with van der Waals surface area (Å²) in [5, 5.41) is 0.712. The number of hydrogen-bond donors (Lipinski definition) is 1. The Morgan fingerprint density at radius 3 is 2.45 bits per heavy atom. The number of hydrogen-bond acceptors (Lipinski definition) is 5. The van der Waals surface area contributed by atoms with Gasteiger partial charge in [0, 0.05) is 22.0 Å². The first kappa shape index (κ1) is 27.8. The average molecular weight is 610 g/mol. The lowest BCUT2D eigenvalue weighted by atomic mass is 9.65. The average Bonchev–Trinajstić information content (AvgIpc) is 3.74. The molecule has 2 saturated heterocycles. The van der Waals surface area contributed by atoms with Gasteiger partial charge in [-0.25, -0.2) is 12.8 Å². The van der Waals surface area contributed by atoms with E-state index in [4.69, 9.17) is 22.1 Å². The van der Waals surface area contributed by atoms with Crippen LogP contribution < -0.4 is 10.0 Å². The standard InChI is InChI=1S/C32H33ClFN3O4S/c33-28-4-2-1-3-21(28)15-24-17-32(13-14-36(24)25-18-41-19-25)27-16-22(31(35)38)7-12-29(27)37(30(32)20-5-6-20)42(39,40)26-10-8-23(34)9-11-26/h1-4,7-12,16,20,24-25,30H,5-6,13-15,17-19H2,(H2,35,38). The van der Waals surface area contributed by atoms with Crippen LogP contribution in [0.4, 0.5) is 10.1 Å². The molecule has 0 radical (unpaired) electrons. The first-order valence-corrected chi connectivity index (χ1v) is 16.3. The lowest BCUT2D eigenvalue weighted by Gasteiger charge is -2.52. The minimum absolute atomic E-state index is 0.0493. The molecule has 0 aromatic heterocycles. The molecule has 4 aliphatic rings. The van der Waals surface area contributed by atoms with Crippen LogP contribution in [-0.4, -0.2) is 57.1 Å². The van der Waals surface area contributed by atoms with Crippen LogP contribution in [0.3, 0.4) is 0 Å². The minimum Gasteiger partial charge on any atom is -0.378 e. The molecule has 7 nitrogen and oxygen atoms in total. The summed E-state index contributed by atoms with van der Waals surface area (Å²) in [7, 11) is -4.04. The second-order valence-electron chi connectivity index (χ2n) is 12.1. The normalized spacial score (nSPS) is 26.3. The maximum atomic E-state index is 14.4. The Morgan fingerprint density at radius 2 is 1.81 bits per heavy atom. The number of carbonyl (C=O) groups is 1. The highest BCUT2D eigenvalue weighted by molar-refractivity contribution is 7.92. The van der Waals surface area contributed by atoms with Crippen LogP contribution in [0.15, 0.2) is 71.6 Å². The fraction of sp³-hybridized carbons (Fsp3) is 0.406. The summed E-state index contributed by atoms with van der Waals surface area (Å²) in [6.07, 6.45) is 3.99. The molecule has 10 heteroatoms. The molecular weight excluding hydrogens is 577 g/mol. The topological polar surface area (TPSA) is 92.9 Å². The molecule has 42 heavy (non-hydrogen) atoms. The maximum Gasteiger partial charge on any atom is 0.264 e. The summed E-state index contributed by atoms with van der Waals surface area (Å²) in [6.45, 7) is 2.11. The van der Waals surface area contributed by atoms with Crippen LogP contribution >= 0.6 is 11.6 Å². The SMILES string of the molecule is NC(=O)c1ccc2c(c1)C1(CCN(C3COC3)C(Cc3ccccc3Cl)C1)C(C1CC1)N2S(=O)(=O)c1ccc(F)cc1. The van der Waals surface area contributed by atoms with Crippen molar-refractivity contribution in [2.24, 2.45) is 11.7 Å². The molecule has 3 heterocycles. The fourth-order valence-corrected chi connectivity index (χ4v) is 9.55. The summed E-state index contributed by atoms with van der Waals surface area (Å²) in [5.74, 6) is -0.872. The van der Waals surface area contributed by atoms with E-state index in [0.29, 0.717) is 48.4 Å². The van der Waals surface area contributed by atoms with Crippen molar-refractivity contribution in [3.63, 3.8) is 0 Å². The smallest absolute Gasteiger partial charge is 0.264 e. The van der Waals surface area contributed by atoms with Gasteiger partial charge >= 0.3 is 0 Å². The number of nitrogens with zero attached hydrogens (tertiary/aromatic N) is 2. The van der Waals surface area contributed by atoms with Gasteiger partial charge in [-0.15, -0.1) is 0 Å². The van der Waals surface area contributed by atoms with E-state index >= 15 is 0 Å². The number of carbonyl (C=O) groups excluding carboxylic acids is 1. The highest BCUT2D eigenvalue weighted by atomic mass is 35.5. The first-order valence-electron chi connectivity index (χ1n) is 14.5. The van der Waals surface area contributed by atoms with Crippen molar-refractivity contribution in [2.45, 2.75) is 60.5 Å². The number of amides is 1. The summed E-state index contributed by atoms with van der Waals surface area (Å²) in [5.41, 5.74) is 8.06. The second-order valence-corrected chi connectivity index (χ2v) is 14.3. The molecule has 3 unspecified atom stereocenters. The zero-order valence-corrected chi connectivity index (χ0v) is 24.7. The van der Waals surface area contributed by atoms with Gasteiger partial charge in [0.15, 0.2) is 0 Å². The van der Waals surface area contributed by atoms with Crippen molar-refractivity contribution >= 4 is 33.2 Å². The molecule has 1 saturated carbocycles. The molecule has 3 aromatic carbocycles. The number of halogens is 2. The summed E-state index contributed by atoms with van der Waals surface area (Å²) in [4.78, 5) is 14.9. The Balaban J connectivity index is 1.38. The monoisotopic (exact) mass is 609 g/mol.